The zero-order valence-electron chi connectivity index (χ0n) is 19.0. The van der Waals surface area contributed by atoms with Crippen molar-refractivity contribution in [3.05, 3.63) is 41.7 Å². The summed E-state index contributed by atoms with van der Waals surface area (Å²) in [6.45, 7) is 8.43. The normalized spacial score (nSPS) is 14.2. The molecule has 0 aliphatic carbocycles. The Labute approximate surface area is 192 Å². The topological polar surface area (TPSA) is 94.4 Å². The Balaban J connectivity index is 1.64. The van der Waals surface area contributed by atoms with Crippen LogP contribution in [0.5, 0.6) is 0 Å². The summed E-state index contributed by atoms with van der Waals surface area (Å²) in [7, 11) is 0. The van der Waals surface area contributed by atoms with Gasteiger partial charge in [0, 0.05) is 38.3 Å². The number of nitriles is 1. The van der Waals surface area contributed by atoms with E-state index in [4.69, 9.17) is 10.00 Å². The minimum absolute atomic E-state index is 0.111. The molecule has 8 nitrogen and oxygen atoms in total. The fourth-order valence-electron chi connectivity index (χ4n) is 3.73. The number of piperidine rings is 1. The molecule has 1 N–H and O–H groups in total. The molecule has 1 amide bonds. The summed E-state index contributed by atoms with van der Waals surface area (Å²) in [4.78, 5) is 24.4. The number of rotatable bonds is 7. The highest BCUT2D eigenvalue weighted by Gasteiger charge is 2.26. The molecule has 0 radical (unpaired) electrons. The van der Waals surface area contributed by atoms with E-state index in [0.717, 1.165) is 31.5 Å². The summed E-state index contributed by atoms with van der Waals surface area (Å²) >= 11 is 0. The second-order valence-electron chi connectivity index (χ2n) is 8.21. The quantitative estimate of drug-likeness (QED) is 0.655. The third kappa shape index (κ3) is 6.28. The molecule has 1 aliphatic rings. The summed E-state index contributed by atoms with van der Waals surface area (Å²) in [6.07, 6.45) is 2.67. The molecule has 1 aromatic carbocycles. The summed E-state index contributed by atoms with van der Waals surface area (Å²) < 4.78 is 33.4. The highest BCUT2D eigenvalue weighted by molar-refractivity contribution is 5.67. The summed E-state index contributed by atoms with van der Waals surface area (Å²) in [5.41, 5.74) is -0.470. The number of carbonyl (C=O) groups is 1. The molecule has 0 spiro atoms. The molecule has 0 unspecified atom stereocenters. The molecule has 2 heterocycles. The number of hydrogen-bond acceptors (Lipinski definition) is 7. The number of halogens is 2. The van der Waals surface area contributed by atoms with Crippen LogP contribution in [0.2, 0.25) is 0 Å². The smallest absolute Gasteiger partial charge is 0.410 e. The van der Waals surface area contributed by atoms with Crippen molar-refractivity contribution < 1.29 is 18.3 Å². The second kappa shape index (κ2) is 10.9. The first-order valence-electron chi connectivity index (χ1n) is 11.0. The Morgan fingerprint density at radius 2 is 2.00 bits per heavy atom. The molecule has 176 valence electrons. The number of aromatic nitrogens is 2. The summed E-state index contributed by atoms with van der Waals surface area (Å²) in [5.74, 6) is -0.207. The SMILES string of the molecule is CCN(CC1CCN(C(=O)OC(C)C)CC1)c1cc(Nc2cc(F)c(C#N)cc2F)ncn1. The Hall–Kier alpha value is -3.48. The van der Waals surface area contributed by atoms with Crippen molar-refractivity contribution in [2.75, 3.05) is 36.4 Å². The molecule has 2 aromatic rings. The lowest BCUT2D eigenvalue weighted by Crippen LogP contribution is -2.42. The van der Waals surface area contributed by atoms with Crippen molar-refractivity contribution >= 4 is 23.4 Å². The van der Waals surface area contributed by atoms with Crippen LogP contribution in [-0.4, -0.2) is 53.2 Å². The minimum Gasteiger partial charge on any atom is -0.447 e. The van der Waals surface area contributed by atoms with Crippen LogP contribution >= 0.6 is 0 Å². The molecule has 1 aromatic heterocycles. The average Bonchev–Trinajstić information content (AvgIpc) is 2.79. The molecule has 1 fully saturated rings. The van der Waals surface area contributed by atoms with Crippen molar-refractivity contribution in [1.82, 2.24) is 14.9 Å². The Morgan fingerprint density at radius 1 is 1.27 bits per heavy atom. The lowest BCUT2D eigenvalue weighted by atomic mass is 9.96. The van der Waals surface area contributed by atoms with E-state index in [0.29, 0.717) is 37.2 Å². The predicted molar refractivity (Wildman–Crippen MR) is 120 cm³/mol. The molecule has 1 aliphatic heterocycles. The van der Waals surface area contributed by atoms with Crippen molar-refractivity contribution in [2.45, 2.75) is 39.7 Å². The van der Waals surface area contributed by atoms with Crippen LogP contribution < -0.4 is 10.2 Å². The first-order valence-corrected chi connectivity index (χ1v) is 11.0. The van der Waals surface area contributed by atoms with E-state index >= 15 is 0 Å². The maximum atomic E-state index is 14.2. The van der Waals surface area contributed by atoms with Crippen LogP contribution in [0.3, 0.4) is 0 Å². The van der Waals surface area contributed by atoms with E-state index in [2.05, 4.69) is 20.2 Å². The standard InChI is InChI=1S/C23H28F2N6O2/c1-4-30(13-16-5-7-31(8-6-16)23(32)33-15(2)3)22-11-21(27-14-28-22)29-20-10-18(24)17(12-26)9-19(20)25/h9-11,14-16H,4-8,13H2,1-3H3,(H,27,28,29). The van der Waals surface area contributed by atoms with Gasteiger partial charge in [0.15, 0.2) is 0 Å². The van der Waals surface area contributed by atoms with Gasteiger partial charge in [0.2, 0.25) is 0 Å². The van der Waals surface area contributed by atoms with Gasteiger partial charge in [0.05, 0.1) is 17.4 Å². The molecule has 10 heteroatoms. The summed E-state index contributed by atoms with van der Waals surface area (Å²) in [5, 5.41) is 11.6. The van der Waals surface area contributed by atoms with Gasteiger partial charge >= 0.3 is 6.09 Å². The fraction of sp³-hybridized carbons (Fsp3) is 0.478. The van der Waals surface area contributed by atoms with Crippen molar-refractivity contribution in [3.63, 3.8) is 0 Å². The number of carbonyl (C=O) groups excluding carboxylic acids is 1. The van der Waals surface area contributed by atoms with Gasteiger partial charge in [0.1, 0.15) is 35.7 Å². The first kappa shape index (κ1) is 24.2. The van der Waals surface area contributed by atoms with Crippen molar-refractivity contribution in [1.29, 1.82) is 5.26 Å². The lowest BCUT2D eigenvalue weighted by molar-refractivity contribution is 0.0658. The van der Waals surface area contributed by atoms with Gasteiger partial charge in [0.25, 0.3) is 0 Å². The lowest BCUT2D eigenvalue weighted by Gasteiger charge is -2.34. The zero-order chi connectivity index (χ0) is 24.0. The van der Waals surface area contributed by atoms with Gasteiger partial charge in [-0.2, -0.15) is 5.26 Å². The van der Waals surface area contributed by atoms with Gasteiger partial charge in [-0.1, -0.05) is 0 Å². The predicted octanol–water partition coefficient (Wildman–Crippen LogP) is 4.45. The number of anilines is 3. The minimum atomic E-state index is -0.811. The number of nitrogens with zero attached hydrogens (tertiary/aromatic N) is 5. The van der Waals surface area contributed by atoms with Crippen LogP contribution in [-0.2, 0) is 4.74 Å². The van der Waals surface area contributed by atoms with Crippen LogP contribution in [0.1, 0.15) is 39.2 Å². The maximum absolute atomic E-state index is 14.2. The molecular weight excluding hydrogens is 430 g/mol. The molecule has 3 rings (SSSR count). The summed E-state index contributed by atoms with van der Waals surface area (Å²) in [6, 6.07) is 5.07. The van der Waals surface area contributed by atoms with Gasteiger partial charge < -0.3 is 19.9 Å². The molecule has 0 bridgehead atoms. The highest BCUT2D eigenvalue weighted by Crippen LogP contribution is 2.25. The monoisotopic (exact) mass is 458 g/mol. The highest BCUT2D eigenvalue weighted by atomic mass is 19.1. The van der Waals surface area contributed by atoms with Crippen molar-refractivity contribution in [3.8, 4) is 6.07 Å². The van der Waals surface area contributed by atoms with E-state index < -0.39 is 11.6 Å². The van der Waals surface area contributed by atoms with E-state index in [9.17, 15) is 13.6 Å². The van der Waals surface area contributed by atoms with Crippen molar-refractivity contribution in [2.24, 2.45) is 5.92 Å². The number of nitrogens with one attached hydrogen (secondary N) is 1. The van der Waals surface area contributed by atoms with Gasteiger partial charge in [-0.15, -0.1) is 0 Å². The molecule has 0 saturated carbocycles. The number of amides is 1. The maximum Gasteiger partial charge on any atom is 0.410 e. The number of likely N-dealkylation sites (tertiary alicyclic amines) is 1. The average molecular weight is 459 g/mol. The Kier molecular flexibility index (Phi) is 7.98. The first-order chi connectivity index (χ1) is 15.8. The van der Waals surface area contributed by atoms with E-state index in [1.54, 1.807) is 17.0 Å². The molecule has 33 heavy (non-hydrogen) atoms. The third-order valence-electron chi connectivity index (χ3n) is 5.49. The van der Waals surface area contributed by atoms with Crippen LogP contribution in [0, 0.1) is 28.9 Å². The zero-order valence-corrected chi connectivity index (χ0v) is 19.0. The van der Waals surface area contributed by atoms with Gasteiger partial charge in [-0.25, -0.2) is 23.5 Å². The molecular formula is C23H28F2N6O2. The second-order valence-corrected chi connectivity index (χ2v) is 8.21. The van der Waals surface area contributed by atoms with E-state index in [1.807, 2.05) is 20.8 Å². The van der Waals surface area contributed by atoms with E-state index in [1.165, 1.54) is 6.33 Å². The number of hydrogen-bond donors (Lipinski definition) is 1. The van der Waals surface area contributed by atoms with Crippen LogP contribution in [0.15, 0.2) is 24.5 Å². The van der Waals surface area contributed by atoms with E-state index in [-0.39, 0.29) is 23.4 Å². The van der Waals surface area contributed by atoms with Crippen LogP contribution in [0.25, 0.3) is 0 Å². The van der Waals surface area contributed by atoms with Gasteiger partial charge in [-0.3, -0.25) is 0 Å². The van der Waals surface area contributed by atoms with Crippen LogP contribution in [0.4, 0.5) is 30.9 Å². The van der Waals surface area contributed by atoms with Gasteiger partial charge in [-0.05, 0) is 45.6 Å². The third-order valence-corrected chi connectivity index (χ3v) is 5.49. The Bertz CT molecular complexity index is 1020. The molecule has 1 saturated heterocycles. The number of ether oxygens (including phenoxy) is 1. The Morgan fingerprint density at radius 3 is 2.64 bits per heavy atom. The fourth-order valence-corrected chi connectivity index (χ4v) is 3.73. The number of benzene rings is 1. The largest absolute Gasteiger partial charge is 0.447 e. The molecule has 0 atom stereocenters.